The van der Waals surface area contributed by atoms with E-state index in [9.17, 15) is 0 Å². The number of nitrogens with two attached hydrogens (primary N) is 2. The van der Waals surface area contributed by atoms with Crippen LogP contribution in [0, 0.1) is 13.8 Å². The molecule has 3 heteroatoms. The Morgan fingerprint density at radius 2 is 1.88 bits per heavy atom. The average molecular weight is 222 g/mol. The first-order valence-corrected chi connectivity index (χ1v) is 5.71. The summed E-state index contributed by atoms with van der Waals surface area (Å²) in [5, 5.41) is 0. The number of methoxy groups -OCH3 is 1. The van der Waals surface area contributed by atoms with Gasteiger partial charge in [0.1, 0.15) is 5.75 Å². The molecular weight excluding hydrogens is 200 g/mol. The second-order valence-corrected chi connectivity index (χ2v) is 4.22. The minimum Gasteiger partial charge on any atom is -0.496 e. The zero-order valence-corrected chi connectivity index (χ0v) is 10.4. The Kier molecular flexibility index (Phi) is 4.77. The number of ether oxygens (including phenoxy) is 1. The first-order valence-electron chi connectivity index (χ1n) is 5.71. The second-order valence-electron chi connectivity index (χ2n) is 4.22. The monoisotopic (exact) mass is 222 g/mol. The van der Waals surface area contributed by atoms with E-state index in [2.05, 4.69) is 19.9 Å². The molecule has 16 heavy (non-hydrogen) atoms. The normalized spacial score (nSPS) is 12.6. The van der Waals surface area contributed by atoms with Crippen LogP contribution in [0.15, 0.2) is 12.1 Å². The van der Waals surface area contributed by atoms with E-state index < -0.39 is 0 Å². The molecule has 0 heterocycles. The Hall–Kier alpha value is -1.06. The summed E-state index contributed by atoms with van der Waals surface area (Å²) < 4.78 is 5.37. The van der Waals surface area contributed by atoms with Gasteiger partial charge in [-0.05, 0) is 50.4 Å². The van der Waals surface area contributed by atoms with Gasteiger partial charge in [0.2, 0.25) is 0 Å². The topological polar surface area (TPSA) is 61.3 Å². The second kappa shape index (κ2) is 5.87. The van der Waals surface area contributed by atoms with Gasteiger partial charge in [-0.15, -0.1) is 0 Å². The highest BCUT2D eigenvalue weighted by Gasteiger charge is 2.12. The predicted octanol–water partition coefficient (Wildman–Crippen LogP) is 2.05. The molecule has 1 atom stereocenters. The van der Waals surface area contributed by atoms with Gasteiger partial charge in [0.15, 0.2) is 0 Å². The molecule has 3 nitrogen and oxygen atoms in total. The Morgan fingerprint density at radius 1 is 1.25 bits per heavy atom. The number of hydrogen-bond acceptors (Lipinski definition) is 3. The van der Waals surface area contributed by atoms with Crippen LogP contribution >= 0.6 is 0 Å². The van der Waals surface area contributed by atoms with Crippen molar-refractivity contribution in [2.24, 2.45) is 11.5 Å². The maximum atomic E-state index is 6.14. The van der Waals surface area contributed by atoms with Crippen LogP contribution in [0.3, 0.4) is 0 Å². The molecule has 0 amide bonds. The zero-order valence-electron chi connectivity index (χ0n) is 10.4. The van der Waals surface area contributed by atoms with Crippen molar-refractivity contribution in [2.75, 3.05) is 13.7 Å². The Morgan fingerprint density at radius 3 is 2.44 bits per heavy atom. The van der Waals surface area contributed by atoms with Crippen LogP contribution in [0.5, 0.6) is 5.75 Å². The van der Waals surface area contributed by atoms with E-state index in [1.807, 2.05) is 6.07 Å². The van der Waals surface area contributed by atoms with Crippen molar-refractivity contribution >= 4 is 0 Å². The Labute approximate surface area is 97.8 Å². The summed E-state index contributed by atoms with van der Waals surface area (Å²) in [7, 11) is 1.68. The van der Waals surface area contributed by atoms with Gasteiger partial charge in [0, 0.05) is 11.6 Å². The number of benzene rings is 1. The van der Waals surface area contributed by atoms with Crippen LogP contribution < -0.4 is 16.2 Å². The minimum atomic E-state index is 0.0119. The molecule has 0 aliphatic heterocycles. The van der Waals surface area contributed by atoms with E-state index in [-0.39, 0.29) is 6.04 Å². The molecule has 1 unspecified atom stereocenters. The fourth-order valence-electron chi connectivity index (χ4n) is 1.77. The van der Waals surface area contributed by atoms with Crippen LogP contribution in [0.25, 0.3) is 0 Å². The van der Waals surface area contributed by atoms with Gasteiger partial charge in [-0.1, -0.05) is 6.07 Å². The molecule has 0 radical (unpaired) electrons. The standard InChI is InChI=1S/C13H22N2O/c1-9-7-11(12(15)5-4-6-14)13(16-3)8-10(9)2/h7-8,12H,4-6,14-15H2,1-3H3. The fraction of sp³-hybridized carbons (Fsp3) is 0.538. The highest BCUT2D eigenvalue weighted by Crippen LogP contribution is 2.29. The molecular formula is C13H22N2O. The van der Waals surface area contributed by atoms with Crippen molar-refractivity contribution in [2.45, 2.75) is 32.7 Å². The van der Waals surface area contributed by atoms with Crippen molar-refractivity contribution in [3.8, 4) is 5.75 Å². The van der Waals surface area contributed by atoms with Crippen molar-refractivity contribution < 1.29 is 4.74 Å². The van der Waals surface area contributed by atoms with E-state index in [1.165, 1.54) is 11.1 Å². The fourth-order valence-corrected chi connectivity index (χ4v) is 1.77. The smallest absolute Gasteiger partial charge is 0.123 e. The van der Waals surface area contributed by atoms with Crippen LogP contribution in [-0.4, -0.2) is 13.7 Å². The summed E-state index contributed by atoms with van der Waals surface area (Å²) in [6.45, 7) is 4.85. The SMILES string of the molecule is COc1cc(C)c(C)cc1C(N)CCCN. The molecule has 4 N–H and O–H groups in total. The van der Waals surface area contributed by atoms with Gasteiger partial charge in [0.25, 0.3) is 0 Å². The molecule has 1 aromatic carbocycles. The van der Waals surface area contributed by atoms with E-state index in [1.54, 1.807) is 7.11 Å². The van der Waals surface area contributed by atoms with Gasteiger partial charge >= 0.3 is 0 Å². The van der Waals surface area contributed by atoms with Crippen LogP contribution in [0.1, 0.15) is 35.6 Å². The molecule has 0 fully saturated rings. The highest BCUT2D eigenvalue weighted by atomic mass is 16.5. The third-order valence-corrected chi connectivity index (χ3v) is 2.96. The molecule has 1 aromatic rings. The molecule has 0 aliphatic rings. The zero-order chi connectivity index (χ0) is 12.1. The molecule has 0 saturated carbocycles. The van der Waals surface area contributed by atoms with E-state index >= 15 is 0 Å². The lowest BCUT2D eigenvalue weighted by atomic mass is 9.97. The summed E-state index contributed by atoms with van der Waals surface area (Å²) in [4.78, 5) is 0. The van der Waals surface area contributed by atoms with Gasteiger partial charge in [0.05, 0.1) is 7.11 Å². The average Bonchev–Trinajstić information content (AvgIpc) is 2.28. The summed E-state index contributed by atoms with van der Waals surface area (Å²) >= 11 is 0. The number of hydrogen-bond donors (Lipinski definition) is 2. The maximum Gasteiger partial charge on any atom is 0.123 e. The van der Waals surface area contributed by atoms with Gasteiger partial charge in [-0.3, -0.25) is 0 Å². The molecule has 0 bridgehead atoms. The lowest BCUT2D eigenvalue weighted by Gasteiger charge is -2.17. The summed E-state index contributed by atoms with van der Waals surface area (Å²) in [6.07, 6.45) is 1.84. The number of rotatable bonds is 5. The van der Waals surface area contributed by atoms with Crippen LogP contribution in [0.2, 0.25) is 0 Å². The minimum absolute atomic E-state index is 0.0119. The van der Waals surface area contributed by atoms with E-state index in [0.29, 0.717) is 6.54 Å². The van der Waals surface area contributed by atoms with E-state index in [0.717, 1.165) is 24.2 Å². The first-order chi connectivity index (χ1) is 7.60. The van der Waals surface area contributed by atoms with Crippen molar-refractivity contribution in [1.82, 2.24) is 0 Å². The Bertz CT molecular complexity index is 350. The van der Waals surface area contributed by atoms with Gasteiger partial charge < -0.3 is 16.2 Å². The molecule has 1 rings (SSSR count). The number of aryl methyl sites for hydroxylation is 2. The summed E-state index contributed by atoms with van der Waals surface area (Å²) in [6, 6.07) is 4.18. The van der Waals surface area contributed by atoms with Crippen LogP contribution in [-0.2, 0) is 0 Å². The molecule has 0 spiro atoms. The lowest BCUT2D eigenvalue weighted by Crippen LogP contribution is -2.14. The predicted molar refractivity (Wildman–Crippen MR) is 67.7 cm³/mol. The summed E-state index contributed by atoms with van der Waals surface area (Å²) in [5.74, 6) is 0.882. The van der Waals surface area contributed by atoms with Crippen LogP contribution in [0.4, 0.5) is 0 Å². The molecule has 0 aliphatic carbocycles. The third-order valence-electron chi connectivity index (χ3n) is 2.96. The first kappa shape index (κ1) is 13.0. The largest absolute Gasteiger partial charge is 0.496 e. The molecule has 0 aromatic heterocycles. The molecule has 0 saturated heterocycles. The quantitative estimate of drug-likeness (QED) is 0.801. The van der Waals surface area contributed by atoms with E-state index in [4.69, 9.17) is 16.2 Å². The van der Waals surface area contributed by atoms with Gasteiger partial charge in [-0.2, -0.15) is 0 Å². The maximum absolute atomic E-state index is 6.14. The van der Waals surface area contributed by atoms with Crippen molar-refractivity contribution in [3.05, 3.63) is 28.8 Å². The molecule has 90 valence electrons. The highest BCUT2D eigenvalue weighted by molar-refractivity contribution is 5.43. The van der Waals surface area contributed by atoms with Crippen molar-refractivity contribution in [3.63, 3.8) is 0 Å². The summed E-state index contributed by atoms with van der Waals surface area (Å²) in [5.41, 5.74) is 15.2. The lowest BCUT2D eigenvalue weighted by molar-refractivity contribution is 0.403. The van der Waals surface area contributed by atoms with Crippen molar-refractivity contribution in [1.29, 1.82) is 0 Å². The Balaban J connectivity index is 2.96. The van der Waals surface area contributed by atoms with Gasteiger partial charge in [-0.25, -0.2) is 0 Å². The third kappa shape index (κ3) is 2.97.